The van der Waals surface area contributed by atoms with E-state index in [1.54, 1.807) is 0 Å². The van der Waals surface area contributed by atoms with E-state index in [0.29, 0.717) is 6.04 Å². The van der Waals surface area contributed by atoms with E-state index in [-0.39, 0.29) is 0 Å². The molecule has 1 aliphatic rings. The van der Waals surface area contributed by atoms with E-state index in [9.17, 15) is 0 Å². The van der Waals surface area contributed by atoms with Crippen LogP contribution >= 0.6 is 0 Å². The summed E-state index contributed by atoms with van der Waals surface area (Å²) in [5, 5.41) is 8.18. The first-order valence-electron chi connectivity index (χ1n) is 8.04. The summed E-state index contributed by atoms with van der Waals surface area (Å²) in [5.74, 6) is 1.66. The van der Waals surface area contributed by atoms with Crippen molar-refractivity contribution < 1.29 is 0 Å². The largest absolute Gasteiger partial charge is 0.310 e. The maximum Gasteiger partial charge on any atom is 0.0645 e. The van der Waals surface area contributed by atoms with Crippen LogP contribution in [0.15, 0.2) is 42.7 Å². The zero-order valence-corrected chi connectivity index (χ0v) is 13.0. The Kier molecular flexibility index (Phi) is 4.39. The predicted octanol–water partition coefficient (Wildman–Crippen LogP) is 3.79. The van der Waals surface area contributed by atoms with E-state index >= 15 is 0 Å². The smallest absolute Gasteiger partial charge is 0.0645 e. The number of nitrogens with one attached hydrogen (secondary N) is 1. The van der Waals surface area contributed by atoms with Crippen LogP contribution in [0.1, 0.15) is 38.7 Å². The minimum Gasteiger partial charge on any atom is -0.310 e. The molecular weight excluding hydrogens is 258 g/mol. The zero-order valence-electron chi connectivity index (χ0n) is 13.0. The molecule has 21 heavy (non-hydrogen) atoms. The van der Waals surface area contributed by atoms with Crippen LogP contribution in [-0.4, -0.2) is 15.8 Å². The molecule has 0 bridgehead atoms. The first-order chi connectivity index (χ1) is 10.2. The Morgan fingerprint density at radius 3 is 2.76 bits per heavy atom. The Morgan fingerprint density at radius 2 is 2.00 bits per heavy atom. The maximum absolute atomic E-state index is 4.46. The highest BCUT2D eigenvalue weighted by molar-refractivity contribution is 5.30. The molecule has 1 N–H and O–H groups in total. The van der Waals surface area contributed by atoms with Gasteiger partial charge in [-0.05, 0) is 43.2 Å². The summed E-state index contributed by atoms with van der Waals surface area (Å²) in [6.07, 6.45) is 8.09. The van der Waals surface area contributed by atoms with E-state index in [4.69, 9.17) is 0 Å². The second-order valence-electron chi connectivity index (χ2n) is 6.51. The average Bonchev–Trinajstić information content (AvgIpc) is 2.96. The van der Waals surface area contributed by atoms with Gasteiger partial charge in [-0.15, -0.1) is 0 Å². The molecule has 1 heterocycles. The van der Waals surface area contributed by atoms with E-state index < -0.39 is 0 Å². The molecule has 3 heteroatoms. The van der Waals surface area contributed by atoms with Gasteiger partial charge in [0.25, 0.3) is 0 Å². The molecule has 0 radical (unpaired) electrons. The van der Waals surface area contributed by atoms with Gasteiger partial charge in [0.05, 0.1) is 11.9 Å². The van der Waals surface area contributed by atoms with Gasteiger partial charge in [0, 0.05) is 24.3 Å². The van der Waals surface area contributed by atoms with Crippen LogP contribution in [0.2, 0.25) is 0 Å². The number of para-hydroxylation sites is 1. The lowest BCUT2D eigenvalue weighted by atomic mass is 9.80. The van der Waals surface area contributed by atoms with E-state index in [2.05, 4.69) is 42.6 Å². The van der Waals surface area contributed by atoms with Crippen LogP contribution < -0.4 is 5.32 Å². The summed E-state index contributed by atoms with van der Waals surface area (Å²) >= 11 is 0. The van der Waals surface area contributed by atoms with Crippen molar-refractivity contribution in [2.75, 3.05) is 0 Å². The molecule has 3 unspecified atom stereocenters. The quantitative estimate of drug-likeness (QED) is 0.925. The molecule has 1 aliphatic carbocycles. The normalized spacial score (nSPS) is 25.9. The van der Waals surface area contributed by atoms with Gasteiger partial charge in [-0.2, -0.15) is 5.10 Å². The predicted molar refractivity (Wildman–Crippen MR) is 86.4 cm³/mol. The summed E-state index contributed by atoms with van der Waals surface area (Å²) in [6.45, 7) is 5.66. The lowest BCUT2D eigenvalue weighted by Gasteiger charge is -2.33. The molecule has 3 rings (SSSR count). The zero-order chi connectivity index (χ0) is 14.7. The number of hydrogen-bond acceptors (Lipinski definition) is 2. The Morgan fingerprint density at radius 1 is 1.19 bits per heavy atom. The van der Waals surface area contributed by atoms with E-state index in [1.165, 1.54) is 24.8 Å². The standard InChI is InChI=1S/C18H25N3/c1-14-8-9-18(15(2)10-14)19-11-16-12-20-21(13-16)17-6-4-3-5-7-17/h3-7,12-15,18-19H,8-11H2,1-2H3. The van der Waals surface area contributed by atoms with Crippen LogP contribution in [0.5, 0.6) is 0 Å². The first-order valence-corrected chi connectivity index (χ1v) is 8.04. The van der Waals surface area contributed by atoms with Crippen molar-refractivity contribution in [2.24, 2.45) is 11.8 Å². The van der Waals surface area contributed by atoms with Crippen molar-refractivity contribution in [3.63, 3.8) is 0 Å². The van der Waals surface area contributed by atoms with Gasteiger partial charge in [0.1, 0.15) is 0 Å². The van der Waals surface area contributed by atoms with Crippen molar-refractivity contribution in [1.29, 1.82) is 0 Å². The molecule has 0 spiro atoms. The fourth-order valence-electron chi connectivity index (χ4n) is 3.39. The van der Waals surface area contributed by atoms with Gasteiger partial charge in [0.2, 0.25) is 0 Å². The number of nitrogens with zero attached hydrogens (tertiary/aromatic N) is 2. The number of rotatable bonds is 4. The van der Waals surface area contributed by atoms with Gasteiger partial charge in [-0.3, -0.25) is 0 Å². The summed E-state index contributed by atoms with van der Waals surface area (Å²) in [4.78, 5) is 0. The number of hydrogen-bond donors (Lipinski definition) is 1. The van der Waals surface area contributed by atoms with Crippen LogP contribution in [0.25, 0.3) is 5.69 Å². The van der Waals surface area contributed by atoms with E-state index in [0.717, 1.165) is 24.1 Å². The lowest BCUT2D eigenvalue weighted by Crippen LogP contribution is -2.38. The van der Waals surface area contributed by atoms with Crippen LogP contribution in [-0.2, 0) is 6.54 Å². The molecule has 2 aromatic rings. The fraction of sp³-hybridized carbons (Fsp3) is 0.500. The molecule has 1 aromatic heterocycles. The second-order valence-corrected chi connectivity index (χ2v) is 6.51. The van der Waals surface area contributed by atoms with Crippen LogP contribution in [0.4, 0.5) is 0 Å². The fourth-order valence-corrected chi connectivity index (χ4v) is 3.39. The monoisotopic (exact) mass is 283 g/mol. The number of benzene rings is 1. The molecule has 1 aromatic carbocycles. The van der Waals surface area contributed by atoms with Gasteiger partial charge in [0.15, 0.2) is 0 Å². The van der Waals surface area contributed by atoms with Crippen LogP contribution in [0.3, 0.4) is 0 Å². The molecule has 0 amide bonds. The Labute approximate surface area is 127 Å². The third kappa shape index (κ3) is 3.53. The molecular formula is C18H25N3. The molecule has 0 saturated heterocycles. The van der Waals surface area contributed by atoms with Crippen LogP contribution in [0, 0.1) is 11.8 Å². The third-order valence-electron chi connectivity index (χ3n) is 4.66. The van der Waals surface area contributed by atoms with Gasteiger partial charge in [-0.25, -0.2) is 4.68 Å². The molecule has 1 saturated carbocycles. The summed E-state index contributed by atoms with van der Waals surface area (Å²) < 4.78 is 1.95. The minimum absolute atomic E-state index is 0.654. The Balaban J connectivity index is 1.58. The van der Waals surface area contributed by atoms with Crippen molar-refractivity contribution in [3.8, 4) is 5.69 Å². The minimum atomic E-state index is 0.654. The summed E-state index contributed by atoms with van der Waals surface area (Å²) in [7, 11) is 0. The van der Waals surface area contributed by atoms with Crippen molar-refractivity contribution >= 4 is 0 Å². The molecule has 1 fully saturated rings. The first kappa shape index (κ1) is 14.3. The lowest BCUT2D eigenvalue weighted by molar-refractivity contribution is 0.227. The van der Waals surface area contributed by atoms with Crippen molar-refractivity contribution in [1.82, 2.24) is 15.1 Å². The molecule has 3 nitrogen and oxygen atoms in total. The Hall–Kier alpha value is -1.61. The van der Waals surface area contributed by atoms with Gasteiger partial charge in [-0.1, -0.05) is 32.0 Å². The van der Waals surface area contributed by atoms with Gasteiger partial charge < -0.3 is 5.32 Å². The molecule has 112 valence electrons. The third-order valence-corrected chi connectivity index (χ3v) is 4.66. The molecule has 3 atom stereocenters. The summed E-state index contributed by atoms with van der Waals surface area (Å²) in [5.41, 5.74) is 2.37. The topological polar surface area (TPSA) is 29.9 Å². The van der Waals surface area contributed by atoms with Crippen molar-refractivity contribution in [2.45, 2.75) is 45.7 Å². The highest BCUT2D eigenvalue weighted by atomic mass is 15.3. The Bertz CT molecular complexity index is 561. The summed E-state index contributed by atoms with van der Waals surface area (Å²) in [6, 6.07) is 10.9. The maximum atomic E-state index is 4.46. The number of aromatic nitrogens is 2. The molecule has 0 aliphatic heterocycles. The highest BCUT2D eigenvalue weighted by Crippen LogP contribution is 2.28. The van der Waals surface area contributed by atoms with Gasteiger partial charge >= 0.3 is 0 Å². The SMILES string of the molecule is CC1CCC(NCc2cnn(-c3ccccc3)c2)C(C)C1. The average molecular weight is 283 g/mol. The van der Waals surface area contributed by atoms with Crippen molar-refractivity contribution in [3.05, 3.63) is 48.3 Å². The highest BCUT2D eigenvalue weighted by Gasteiger charge is 2.24. The second kappa shape index (κ2) is 6.44. The van der Waals surface area contributed by atoms with E-state index in [1.807, 2.05) is 29.1 Å².